The molecule has 2 aliphatic rings. The van der Waals surface area contributed by atoms with Crippen molar-refractivity contribution in [2.45, 2.75) is 37.8 Å². The van der Waals surface area contributed by atoms with Crippen LogP contribution in [0.2, 0.25) is 0 Å². The SMILES string of the molecule is O=C(O)CNC(=O)[C@@H]1CCCN1C(=O)[C@@H]1CCCN1. The van der Waals surface area contributed by atoms with Crippen LogP contribution in [0.5, 0.6) is 0 Å². The molecule has 0 spiro atoms. The number of carboxylic acid groups (broad SMARTS) is 1. The number of rotatable bonds is 4. The van der Waals surface area contributed by atoms with Gasteiger partial charge in [0.15, 0.2) is 0 Å². The Labute approximate surface area is 111 Å². The highest BCUT2D eigenvalue weighted by molar-refractivity contribution is 5.91. The zero-order valence-corrected chi connectivity index (χ0v) is 10.7. The Bertz CT molecular complexity index is 379. The van der Waals surface area contributed by atoms with Gasteiger partial charge in [0.05, 0.1) is 6.04 Å². The molecule has 2 saturated heterocycles. The van der Waals surface area contributed by atoms with Gasteiger partial charge < -0.3 is 20.6 Å². The van der Waals surface area contributed by atoms with E-state index in [-0.39, 0.29) is 17.9 Å². The zero-order chi connectivity index (χ0) is 13.8. The molecule has 0 bridgehead atoms. The van der Waals surface area contributed by atoms with E-state index in [2.05, 4.69) is 10.6 Å². The average molecular weight is 269 g/mol. The van der Waals surface area contributed by atoms with E-state index in [1.54, 1.807) is 4.90 Å². The van der Waals surface area contributed by atoms with Gasteiger partial charge in [-0.2, -0.15) is 0 Å². The lowest BCUT2D eigenvalue weighted by Gasteiger charge is -2.26. The van der Waals surface area contributed by atoms with Crippen molar-refractivity contribution < 1.29 is 19.5 Å². The molecule has 0 radical (unpaired) electrons. The number of hydrogen-bond donors (Lipinski definition) is 3. The molecule has 2 amide bonds. The number of likely N-dealkylation sites (tertiary alicyclic amines) is 1. The number of carboxylic acids is 1. The maximum atomic E-state index is 12.3. The first-order chi connectivity index (χ1) is 9.09. The fourth-order valence-corrected chi connectivity index (χ4v) is 2.68. The quantitative estimate of drug-likeness (QED) is 0.603. The number of nitrogens with one attached hydrogen (secondary N) is 2. The first kappa shape index (κ1) is 13.8. The maximum absolute atomic E-state index is 12.3. The number of nitrogens with zero attached hydrogens (tertiary/aromatic N) is 1. The topological polar surface area (TPSA) is 98.7 Å². The predicted molar refractivity (Wildman–Crippen MR) is 66.4 cm³/mol. The van der Waals surface area contributed by atoms with E-state index in [0.717, 1.165) is 25.8 Å². The third kappa shape index (κ3) is 3.23. The minimum Gasteiger partial charge on any atom is -0.480 e. The average Bonchev–Trinajstić information content (AvgIpc) is 3.05. The van der Waals surface area contributed by atoms with Gasteiger partial charge in [-0.1, -0.05) is 0 Å². The van der Waals surface area contributed by atoms with Gasteiger partial charge in [-0.15, -0.1) is 0 Å². The Morgan fingerprint density at radius 3 is 2.68 bits per heavy atom. The van der Waals surface area contributed by atoms with Crippen molar-refractivity contribution in [3.63, 3.8) is 0 Å². The van der Waals surface area contributed by atoms with Crippen LogP contribution >= 0.6 is 0 Å². The predicted octanol–water partition coefficient (Wildman–Crippen LogP) is -1.07. The third-order valence-electron chi connectivity index (χ3n) is 3.61. The van der Waals surface area contributed by atoms with Crippen molar-refractivity contribution >= 4 is 17.8 Å². The van der Waals surface area contributed by atoms with Crippen LogP contribution < -0.4 is 10.6 Å². The summed E-state index contributed by atoms with van der Waals surface area (Å²) in [6, 6.07) is -0.706. The monoisotopic (exact) mass is 269 g/mol. The summed E-state index contributed by atoms with van der Waals surface area (Å²) in [5.41, 5.74) is 0. The molecule has 7 heteroatoms. The summed E-state index contributed by atoms with van der Waals surface area (Å²) in [5, 5.41) is 14.0. The second kappa shape index (κ2) is 6.01. The lowest BCUT2D eigenvalue weighted by molar-refractivity contribution is -0.141. The summed E-state index contributed by atoms with van der Waals surface area (Å²) in [6.07, 6.45) is 3.16. The number of carbonyl (C=O) groups is 3. The molecule has 106 valence electrons. The van der Waals surface area contributed by atoms with Crippen molar-refractivity contribution in [1.29, 1.82) is 0 Å². The number of aliphatic carboxylic acids is 1. The fourth-order valence-electron chi connectivity index (χ4n) is 2.68. The van der Waals surface area contributed by atoms with Crippen LogP contribution in [0.3, 0.4) is 0 Å². The molecule has 19 heavy (non-hydrogen) atoms. The molecule has 2 fully saturated rings. The van der Waals surface area contributed by atoms with Gasteiger partial charge in [0.2, 0.25) is 11.8 Å². The highest BCUT2D eigenvalue weighted by atomic mass is 16.4. The van der Waals surface area contributed by atoms with E-state index < -0.39 is 18.6 Å². The van der Waals surface area contributed by atoms with Gasteiger partial charge in [0.25, 0.3) is 0 Å². The molecule has 0 aromatic rings. The van der Waals surface area contributed by atoms with Gasteiger partial charge in [0, 0.05) is 6.54 Å². The molecular weight excluding hydrogens is 250 g/mol. The highest BCUT2D eigenvalue weighted by Gasteiger charge is 2.37. The lowest BCUT2D eigenvalue weighted by Crippen LogP contribution is -2.51. The highest BCUT2D eigenvalue weighted by Crippen LogP contribution is 2.20. The molecule has 0 aromatic carbocycles. The van der Waals surface area contributed by atoms with E-state index in [9.17, 15) is 14.4 Å². The molecule has 0 aliphatic carbocycles. The summed E-state index contributed by atoms with van der Waals surface area (Å²) in [7, 11) is 0. The normalized spacial score (nSPS) is 26.4. The molecule has 0 aromatic heterocycles. The zero-order valence-electron chi connectivity index (χ0n) is 10.7. The van der Waals surface area contributed by atoms with Gasteiger partial charge >= 0.3 is 5.97 Å². The van der Waals surface area contributed by atoms with Crippen LogP contribution in [0.15, 0.2) is 0 Å². The Kier molecular flexibility index (Phi) is 4.36. The van der Waals surface area contributed by atoms with Crippen molar-refractivity contribution in [2.75, 3.05) is 19.6 Å². The molecule has 7 nitrogen and oxygen atoms in total. The number of hydrogen-bond acceptors (Lipinski definition) is 4. The molecule has 3 N–H and O–H groups in total. The van der Waals surface area contributed by atoms with E-state index in [0.29, 0.717) is 13.0 Å². The summed E-state index contributed by atoms with van der Waals surface area (Å²) in [5.74, 6) is -1.49. The van der Waals surface area contributed by atoms with Gasteiger partial charge in [-0.05, 0) is 32.2 Å². The van der Waals surface area contributed by atoms with E-state index in [1.807, 2.05) is 0 Å². The fraction of sp³-hybridized carbons (Fsp3) is 0.750. The molecule has 0 saturated carbocycles. The van der Waals surface area contributed by atoms with Crippen molar-refractivity contribution in [3.8, 4) is 0 Å². The van der Waals surface area contributed by atoms with Crippen LogP contribution in [-0.4, -0.2) is 59.5 Å². The summed E-state index contributed by atoms with van der Waals surface area (Å²) in [6.45, 7) is 1.00. The minimum atomic E-state index is -1.08. The molecule has 2 rings (SSSR count). The smallest absolute Gasteiger partial charge is 0.322 e. The molecule has 0 unspecified atom stereocenters. The third-order valence-corrected chi connectivity index (χ3v) is 3.61. The van der Waals surface area contributed by atoms with Crippen molar-refractivity contribution in [1.82, 2.24) is 15.5 Å². The molecule has 2 aliphatic heterocycles. The first-order valence-electron chi connectivity index (χ1n) is 6.63. The molecular formula is C12H19N3O4. The van der Waals surface area contributed by atoms with E-state index in [1.165, 1.54) is 0 Å². The Morgan fingerprint density at radius 2 is 2.05 bits per heavy atom. The van der Waals surface area contributed by atoms with E-state index >= 15 is 0 Å². The summed E-state index contributed by atoms with van der Waals surface area (Å²) < 4.78 is 0. The van der Waals surface area contributed by atoms with Crippen LogP contribution in [0, 0.1) is 0 Å². The standard InChI is InChI=1S/C12H19N3O4/c16-10(17)7-14-11(18)9-4-2-6-15(9)12(19)8-3-1-5-13-8/h8-9,13H,1-7H2,(H,14,18)(H,16,17)/t8-,9-/m0/s1. The summed E-state index contributed by atoms with van der Waals surface area (Å²) >= 11 is 0. The Balaban J connectivity index is 1.93. The van der Waals surface area contributed by atoms with E-state index in [4.69, 9.17) is 5.11 Å². The minimum absolute atomic E-state index is 0.0366. The van der Waals surface area contributed by atoms with Crippen LogP contribution in [-0.2, 0) is 14.4 Å². The van der Waals surface area contributed by atoms with Crippen molar-refractivity contribution in [3.05, 3.63) is 0 Å². The first-order valence-corrected chi connectivity index (χ1v) is 6.63. The number of amides is 2. The van der Waals surface area contributed by atoms with Gasteiger partial charge in [0.1, 0.15) is 12.6 Å². The van der Waals surface area contributed by atoms with Gasteiger partial charge in [-0.3, -0.25) is 14.4 Å². The molecule has 2 heterocycles. The van der Waals surface area contributed by atoms with Crippen molar-refractivity contribution in [2.24, 2.45) is 0 Å². The van der Waals surface area contributed by atoms with Crippen LogP contribution in [0.25, 0.3) is 0 Å². The van der Waals surface area contributed by atoms with Crippen LogP contribution in [0.1, 0.15) is 25.7 Å². The second-order valence-electron chi connectivity index (χ2n) is 4.95. The maximum Gasteiger partial charge on any atom is 0.322 e. The largest absolute Gasteiger partial charge is 0.480 e. The Hall–Kier alpha value is -1.63. The second-order valence-corrected chi connectivity index (χ2v) is 4.95. The number of carbonyl (C=O) groups excluding carboxylic acids is 2. The lowest BCUT2D eigenvalue weighted by atomic mass is 10.1. The Morgan fingerprint density at radius 1 is 1.26 bits per heavy atom. The van der Waals surface area contributed by atoms with Crippen LogP contribution in [0.4, 0.5) is 0 Å². The molecule has 2 atom stereocenters. The van der Waals surface area contributed by atoms with Gasteiger partial charge in [-0.25, -0.2) is 0 Å². The summed E-state index contributed by atoms with van der Waals surface area (Å²) in [4.78, 5) is 36.2.